The summed E-state index contributed by atoms with van der Waals surface area (Å²) in [5.41, 5.74) is 1.87. The van der Waals surface area contributed by atoms with E-state index in [-0.39, 0.29) is 28.8 Å². The molecule has 4 aromatic rings. The highest BCUT2D eigenvalue weighted by Crippen LogP contribution is 2.22. The van der Waals surface area contributed by atoms with Gasteiger partial charge in [-0.3, -0.25) is 19.0 Å². The van der Waals surface area contributed by atoms with E-state index in [0.717, 1.165) is 5.69 Å². The van der Waals surface area contributed by atoms with Crippen LogP contribution in [0.2, 0.25) is 5.02 Å². The van der Waals surface area contributed by atoms with E-state index in [9.17, 15) is 14.0 Å². The number of rotatable bonds is 8. The highest BCUT2D eigenvalue weighted by Gasteiger charge is 2.22. The molecule has 3 aromatic heterocycles. The molecule has 0 bridgehead atoms. The Kier molecular flexibility index (Phi) is 6.82. The van der Waals surface area contributed by atoms with E-state index in [4.69, 9.17) is 16.3 Å². The number of hydrogen-bond acceptors (Lipinski definition) is 6. The number of amides is 2. The largest absolute Gasteiger partial charge is 0.471 e. The number of carbonyl (C=O) groups excluding carboxylic acids is 2. The Balaban J connectivity index is 1.45. The third-order valence-electron chi connectivity index (χ3n) is 5.21. The number of benzene rings is 1. The average molecular weight is 501 g/mol. The van der Waals surface area contributed by atoms with Crippen molar-refractivity contribution in [2.24, 2.45) is 7.05 Å². The second kappa shape index (κ2) is 9.97. The van der Waals surface area contributed by atoms with E-state index in [1.165, 1.54) is 39.8 Å². The number of aromatic nitrogens is 6. The zero-order chi connectivity index (χ0) is 25.1. The molecule has 0 saturated heterocycles. The maximum atomic E-state index is 13.3. The lowest BCUT2D eigenvalue weighted by atomic mass is 10.3. The maximum Gasteiger partial charge on any atom is 0.276 e. The van der Waals surface area contributed by atoms with Crippen LogP contribution in [-0.4, -0.2) is 41.2 Å². The van der Waals surface area contributed by atoms with Crippen LogP contribution in [0.25, 0.3) is 0 Å². The standard InChI is InChI=1S/C22H22ClFN8O3/c1-4-32-20(22(34)27-18-10-25-30(3)13(18)2)19(11-26-32)28-21(33)17-7-8-31(29-17)12-35-14-5-6-16(24)15(23)9-14/h5-11H,4,12H2,1-3H3,(H,27,34)(H,28,33). The summed E-state index contributed by atoms with van der Waals surface area (Å²) < 4.78 is 23.3. The Hall–Kier alpha value is -4.19. The Morgan fingerprint density at radius 3 is 2.54 bits per heavy atom. The molecule has 35 heavy (non-hydrogen) atoms. The molecule has 4 rings (SSSR count). The second-order valence-corrected chi connectivity index (χ2v) is 7.90. The minimum absolute atomic E-state index is 0.0267. The third kappa shape index (κ3) is 5.17. The molecular weight excluding hydrogens is 479 g/mol. The van der Waals surface area contributed by atoms with E-state index in [0.29, 0.717) is 18.0 Å². The summed E-state index contributed by atoms with van der Waals surface area (Å²) in [7, 11) is 1.77. The van der Waals surface area contributed by atoms with Crippen LogP contribution in [-0.2, 0) is 20.3 Å². The first kappa shape index (κ1) is 24.0. The normalized spacial score (nSPS) is 10.9. The van der Waals surface area contributed by atoms with Crippen LogP contribution in [0.5, 0.6) is 5.75 Å². The van der Waals surface area contributed by atoms with Gasteiger partial charge in [0.05, 0.1) is 34.5 Å². The summed E-state index contributed by atoms with van der Waals surface area (Å²) in [6, 6.07) is 5.47. The molecule has 182 valence electrons. The number of carbonyl (C=O) groups is 2. The molecule has 13 heteroatoms. The Morgan fingerprint density at radius 2 is 1.86 bits per heavy atom. The fraction of sp³-hybridized carbons (Fsp3) is 0.227. The van der Waals surface area contributed by atoms with E-state index in [1.807, 2.05) is 13.8 Å². The molecule has 0 spiro atoms. The van der Waals surface area contributed by atoms with Gasteiger partial charge in [0.2, 0.25) is 0 Å². The van der Waals surface area contributed by atoms with Crippen molar-refractivity contribution in [3.63, 3.8) is 0 Å². The highest BCUT2D eigenvalue weighted by molar-refractivity contribution is 6.30. The number of ether oxygens (including phenoxy) is 1. The summed E-state index contributed by atoms with van der Waals surface area (Å²) in [6.07, 6.45) is 4.51. The number of hydrogen-bond donors (Lipinski definition) is 2. The summed E-state index contributed by atoms with van der Waals surface area (Å²) in [5, 5.41) is 17.9. The van der Waals surface area contributed by atoms with Gasteiger partial charge in [0.25, 0.3) is 11.8 Å². The van der Waals surface area contributed by atoms with E-state index < -0.39 is 17.6 Å². The van der Waals surface area contributed by atoms with Gasteiger partial charge in [-0.2, -0.15) is 15.3 Å². The quantitative estimate of drug-likeness (QED) is 0.382. The van der Waals surface area contributed by atoms with Crippen LogP contribution >= 0.6 is 11.6 Å². The lowest BCUT2D eigenvalue weighted by Gasteiger charge is -2.09. The topological polar surface area (TPSA) is 121 Å². The van der Waals surface area contributed by atoms with Gasteiger partial charge in [-0.05, 0) is 32.0 Å². The minimum Gasteiger partial charge on any atom is -0.471 e. The zero-order valence-electron chi connectivity index (χ0n) is 19.1. The molecule has 0 aliphatic heterocycles. The predicted octanol–water partition coefficient (Wildman–Crippen LogP) is 3.48. The number of nitrogens with zero attached hydrogens (tertiary/aromatic N) is 6. The van der Waals surface area contributed by atoms with Crippen LogP contribution in [0.1, 0.15) is 33.6 Å². The number of nitrogens with one attached hydrogen (secondary N) is 2. The molecule has 3 heterocycles. The van der Waals surface area contributed by atoms with Gasteiger partial charge in [0.1, 0.15) is 17.3 Å². The molecule has 11 nitrogen and oxygen atoms in total. The molecule has 0 aliphatic rings. The van der Waals surface area contributed by atoms with Gasteiger partial charge < -0.3 is 15.4 Å². The van der Waals surface area contributed by atoms with Crippen LogP contribution in [0, 0.1) is 12.7 Å². The van der Waals surface area contributed by atoms with Gasteiger partial charge in [-0.25, -0.2) is 9.07 Å². The zero-order valence-corrected chi connectivity index (χ0v) is 19.9. The summed E-state index contributed by atoms with van der Waals surface area (Å²) in [4.78, 5) is 25.8. The van der Waals surface area contributed by atoms with Crippen LogP contribution < -0.4 is 15.4 Å². The van der Waals surface area contributed by atoms with Gasteiger partial charge >= 0.3 is 0 Å². The predicted molar refractivity (Wildman–Crippen MR) is 126 cm³/mol. The van der Waals surface area contributed by atoms with Crippen molar-refractivity contribution in [2.75, 3.05) is 10.6 Å². The van der Waals surface area contributed by atoms with Gasteiger partial charge in [0.15, 0.2) is 12.4 Å². The van der Waals surface area contributed by atoms with Gasteiger partial charge in [0, 0.05) is 25.9 Å². The number of anilines is 2. The van der Waals surface area contributed by atoms with Crippen molar-refractivity contribution in [3.05, 3.63) is 70.8 Å². The van der Waals surface area contributed by atoms with Gasteiger partial charge in [-0.15, -0.1) is 0 Å². The van der Waals surface area contributed by atoms with Crippen LogP contribution in [0.3, 0.4) is 0 Å². The Labute approximate surface area is 204 Å². The SMILES string of the molecule is CCn1ncc(NC(=O)c2ccn(COc3ccc(F)c(Cl)c3)n2)c1C(=O)Nc1cnn(C)c1C. The average Bonchev–Trinajstić information content (AvgIpc) is 3.55. The summed E-state index contributed by atoms with van der Waals surface area (Å²) in [5.74, 6) is -1.17. The van der Waals surface area contributed by atoms with Crippen molar-refractivity contribution in [1.29, 1.82) is 0 Å². The fourth-order valence-electron chi connectivity index (χ4n) is 3.21. The van der Waals surface area contributed by atoms with Crippen LogP contribution in [0.4, 0.5) is 15.8 Å². The molecule has 0 radical (unpaired) electrons. The van der Waals surface area contributed by atoms with Crippen molar-refractivity contribution in [1.82, 2.24) is 29.3 Å². The molecule has 2 N–H and O–H groups in total. The highest BCUT2D eigenvalue weighted by atomic mass is 35.5. The van der Waals surface area contributed by atoms with Crippen LogP contribution in [0.15, 0.2) is 42.9 Å². The fourth-order valence-corrected chi connectivity index (χ4v) is 3.38. The Morgan fingerprint density at radius 1 is 1.11 bits per heavy atom. The number of halogens is 2. The molecule has 0 unspecified atom stereocenters. The monoisotopic (exact) mass is 500 g/mol. The Bertz CT molecular complexity index is 1390. The minimum atomic E-state index is -0.549. The first-order valence-electron chi connectivity index (χ1n) is 10.5. The molecule has 0 atom stereocenters. The maximum absolute atomic E-state index is 13.3. The van der Waals surface area contributed by atoms with Gasteiger partial charge in [-0.1, -0.05) is 11.6 Å². The molecule has 0 aliphatic carbocycles. The number of aryl methyl sites for hydroxylation is 2. The molecule has 2 amide bonds. The lowest BCUT2D eigenvalue weighted by molar-refractivity contribution is 0.101. The molecular formula is C22H22ClFN8O3. The lowest BCUT2D eigenvalue weighted by Crippen LogP contribution is -2.21. The summed E-state index contributed by atoms with van der Waals surface area (Å²) >= 11 is 5.75. The van der Waals surface area contributed by atoms with E-state index in [1.54, 1.807) is 24.1 Å². The van der Waals surface area contributed by atoms with E-state index in [2.05, 4.69) is 25.9 Å². The molecule has 1 aromatic carbocycles. The van der Waals surface area contributed by atoms with Crippen molar-refractivity contribution in [2.45, 2.75) is 27.1 Å². The van der Waals surface area contributed by atoms with Crippen molar-refractivity contribution >= 4 is 34.8 Å². The van der Waals surface area contributed by atoms with Crippen molar-refractivity contribution in [3.8, 4) is 5.75 Å². The second-order valence-electron chi connectivity index (χ2n) is 7.49. The third-order valence-corrected chi connectivity index (χ3v) is 5.50. The van der Waals surface area contributed by atoms with Crippen molar-refractivity contribution < 1.29 is 18.7 Å². The molecule has 0 fully saturated rings. The summed E-state index contributed by atoms with van der Waals surface area (Å²) in [6.45, 7) is 4.05. The molecule has 0 saturated carbocycles. The smallest absolute Gasteiger partial charge is 0.276 e. The first-order chi connectivity index (χ1) is 16.8. The van der Waals surface area contributed by atoms with E-state index >= 15 is 0 Å². The first-order valence-corrected chi connectivity index (χ1v) is 10.9.